The van der Waals surface area contributed by atoms with Crippen LogP contribution in [0.25, 0.3) is 0 Å². The maximum atomic E-state index is 13.5. The van der Waals surface area contributed by atoms with Gasteiger partial charge in [0, 0.05) is 12.3 Å². The fourth-order valence-corrected chi connectivity index (χ4v) is 1.52. The van der Waals surface area contributed by atoms with E-state index in [1.807, 2.05) is 0 Å². The molecule has 0 aromatic heterocycles. The number of aliphatic hydroxyl groups is 1. The van der Waals surface area contributed by atoms with Crippen molar-refractivity contribution in [3.05, 3.63) is 29.6 Å². The zero-order valence-corrected chi connectivity index (χ0v) is 10.6. The number of sulfone groups is 1. The van der Waals surface area contributed by atoms with Crippen LogP contribution in [0.3, 0.4) is 0 Å². The van der Waals surface area contributed by atoms with Crippen molar-refractivity contribution in [2.75, 3.05) is 25.2 Å². The van der Waals surface area contributed by atoms with Crippen LogP contribution in [0.5, 0.6) is 5.75 Å². The second-order valence-corrected chi connectivity index (χ2v) is 5.84. The van der Waals surface area contributed by atoms with Gasteiger partial charge in [-0.2, -0.15) is 0 Å². The van der Waals surface area contributed by atoms with Crippen molar-refractivity contribution in [2.24, 2.45) is 0 Å². The molecular weight excluding hydrogens is 259 g/mol. The monoisotopic (exact) mass is 272 g/mol. The summed E-state index contributed by atoms with van der Waals surface area (Å²) in [5, 5.41) is 8.49. The Morgan fingerprint density at radius 3 is 2.72 bits per heavy atom. The summed E-state index contributed by atoms with van der Waals surface area (Å²) < 4.78 is 40.3. The van der Waals surface area contributed by atoms with Gasteiger partial charge < -0.3 is 9.84 Å². The summed E-state index contributed by atoms with van der Waals surface area (Å²) >= 11 is 0. The standard InChI is InChI=1S/C12H13FO4S/c1-18(15,16)8-7-17-11-5-4-10(3-2-6-14)12(13)9-11/h4-5,9,14H,6-8H2,1H3. The van der Waals surface area contributed by atoms with Gasteiger partial charge in [-0.25, -0.2) is 12.8 Å². The second kappa shape index (κ2) is 6.38. The van der Waals surface area contributed by atoms with E-state index in [-0.39, 0.29) is 30.3 Å². The molecule has 0 spiro atoms. The Labute approximate surface area is 105 Å². The van der Waals surface area contributed by atoms with Gasteiger partial charge in [0.2, 0.25) is 0 Å². The van der Waals surface area contributed by atoms with E-state index in [9.17, 15) is 12.8 Å². The minimum Gasteiger partial charge on any atom is -0.492 e. The van der Waals surface area contributed by atoms with Gasteiger partial charge in [-0.1, -0.05) is 11.8 Å². The Hall–Kier alpha value is -1.58. The van der Waals surface area contributed by atoms with E-state index in [4.69, 9.17) is 9.84 Å². The SMILES string of the molecule is CS(=O)(=O)CCOc1ccc(C#CCO)c(F)c1. The average molecular weight is 272 g/mol. The maximum Gasteiger partial charge on any atom is 0.150 e. The zero-order chi connectivity index (χ0) is 13.6. The lowest BCUT2D eigenvalue weighted by Gasteiger charge is -2.05. The van der Waals surface area contributed by atoms with Crippen LogP contribution in [0.4, 0.5) is 4.39 Å². The van der Waals surface area contributed by atoms with E-state index in [1.165, 1.54) is 12.1 Å². The van der Waals surface area contributed by atoms with Crippen LogP contribution in [0.1, 0.15) is 5.56 Å². The van der Waals surface area contributed by atoms with Crippen molar-refractivity contribution in [3.8, 4) is 17.6 Å². The molecule has 0 radical (unpaired) electrons. The number of rotatable bonds is 4. The van der Waals surface area contributed by atoms with Gasteiger partial charge in [-0.15, -0.1) is 0 Å². The number of halogens is 1. The summed E-state index contributed by atoms with van der Waals surface area (Å²) in [6.45, 7) is -0.369. The van der Waals surface area contributed by atoms with Crippen LogP contribution in [-0.2, 0) is 9.84 Å². The molecule has 1 aromatic rings. The van der Waals surface area contributed by atoms with Crippen molar-refractivity contribution >= 4 is 9.84 Å². The topological polar surface area (TPSA) is 63.6 Å². The summed E-state index contributed by atoms with van der Waals surface area (Å²) in [4.78, 5) is 0. The highest BCUT2D eigenvalue weighted by atomic mass is 32.2. The van der Waals surface area contributed by atoms with Crippen molar-refractivity contribution in [1.82, 2.24) is 0 Å². The lowest BCUT2D eigenvalue weighted by atomic mass is 10.2. The minimum atomic E-state index is -3.09. The Morgan fingerprint density at radius 2 is 2.17 bits per heavy atom. The van der Waals surface area contributed by atoms with Gasteiger partial charge in [0.25, 0.3) is 0 Å². The van der Waals surface area contributed by atoms with E-state index in [2.05, 4.69) is 11.8 Å². The summed E-state index contributed by atoms with van der Waals surface area (Å²) in [7, 11) is -3.09. The molecule has 0 amide bonds. The van der Waals surface area contributed by atoms with Crippen LogP contribution < -0.4 is 4.74 Å². The van der Waals surface area contributed by atoms with E-state index >= 15 is 0 Å². The molecule has 1 aromatic carbocycles. The fourth-order valence-electron chi connectivity index (χ4n) is 1.13. The zero-order valence-electron chi connectivity index (χ0n) is 9.81. The van der Waals surface area contributed by atoms with Crippen LogP contribution >= 0.6 is 0 Å². The van der Waals surface area contributed by atoms with E-state index < -0.39 is 15.7 Å². The summed E-state index contributed by atoms with van der Waals surface area (Å²) in [6.07, 6.45) is 1.10. The molecule has 0 aliphatic heterocycles. The molecule has 18 heavy (non-hydrogen) atoms. The molecule has 6 heteroatoms. The summed E-state index contributed by atoms with van der Waals surface area (Å²) in [6, 6.07) is 4.03. The predicted molar refractivity (Wildman–Crippen MR) is 65.6 cm³/mol. The quantitative estimate of drug-likeness (QED) is 0.815. The predicted octanol–water partition coefficient (Wildman–Crippen LogP) is 0.593. The van der Waals surface area contributed by atoms with Crippen LogP contribution in [-0.4, -0.2) is 38.7 Å². The molecule has 0 unspecified atom stereocenters. The Bertz CT molecular complexity index is 569. The normalized spacial score (nSPS) is 10.6. The molecule has 0 fully saturated rings. The molecule has 0 heterocycles. The van der Waals surface area contributed by atoms with Gasteiger partial charge in [0.05, 0.1) is 11.3 Å². The molecule has 0 atom stereocenters. The van der Waals surface area contributed by atoms with E-state index in [1.54, 1.807) is 0 Å². The summed E-state index contributed by atoms with van der Waals surface area (Å²) in [5.74, 6) is 4.32. The molecule has 0 bridgehead atoms. The molecule has 1 N–H and O–H groups in total. The number of hydrogen-bond acceptors (Lipinski definition) is 4. The minimum absolute atomic E-state index is 0.0278. The molecule has 0 aliphatic carbocycles. The Kier molecular flexibility index (Phi) is 5.13. The highest BCUT2D eigenvalue weighted by Gasteiger charge is 2.05. The molecule has 0 saturated carbocycles. The van der Waals surface area contributed by atoms with Crippen LogP contribution in [0, 0.1) is 17.7 Å². The first-order valence-electron chi connectivity index (χ1n) is 5.12. The second-order valence-electron chi connectivity index (χ2n) is 3.58. The maximum absolute atomic E-state index is 13.5. The lowest BCUT2D eigenvalue weighted by Crippen LogP contribution is -2.12. The number of benzene rings is 1. The highest BCUT2D eigenvalue weighted by molar-refractivity contribution is 7.90. The largest absolute Gasteiger partial charge is 0.492 e. The van der Waals surface area contributed by atoms with Crippen molar-refractivity contribution in [1.29, 1.82) is 0 Å². The molecule has 0 saturated heterocycles. The molecule has 1 rings (SSSR count). The first-order valence-corrected chi connectivity index (χ1v) is 7.18. The third-order valence-electron chi connectivity index (χ3n) is 1.97. The van der Waals surface area contributed by atoms with E-state index in [0.717, 1.165) is 12.3 Å². The fraction of sp³-hybridized carbons (Fsp3) is 0.333. The van der Waals surface area contributed by atoms with Crippen molar-refractivity contribution in [3.63, 3.8) is 0 Å². The number of aliphatic hydroxyl groups excluding tert-OH is 1. The third-order valence-corrected chi connectivity index (χ3v) is 2.87. The molecule has 98 valence electrons. The van der Waals surface area contributed by atoms with Crippen molar-refractivity contribution < 1.29 is 22.7 Å². The van der Waals surface area contributed by atoms with Gasteiger partial charge in [0.15, 0.2) is 9.84 Å². The smallest absolute Gasteiger partial charge is 0.150 e. The molecular formula is C12H13FO4S. The van der Waals surface area contributed by atoms with Gasteiger partial charge in [-0.05, 0) is 12.1 Å². The van der Waals surface area contributed by atoms with E-state index in [0.29, 0.717) is 0 Å². The number of hydrogen-bond donors (Lipinski definition) is 1. The number of ether oxygens (including phenoxy) is 1. The average Bonchev–Trinajstić information content (AvgIpc) is 2.26. The van der Waals surface area contributed by atoms with Gasteiger partial charge in [-0.3, -0.25) is 0 Å². The molecule has 4 nitrogen and oxygen atoms in total. The van der Waals surface area contributed by atoms with Crippen LogP contribution in [0.2, 0.25) is 0 Å². The Balaban J connectivity index is 2.67. The van der Waals surface area contributed by atoms with Crippen LogP contribution in [0.15, 0.2) is 18.2 Å². The lowest BCUT2D eigenvalue weighted by molar-refractivity contribution is 0.339. The highest BCUT2D eigenvalue weighted by Crippen LogP contribution is 2.16. The molecule has 0 aliphatic rings. The first-order chi connectivity index (χ1) is 8.42. The van der Waals surface area contributed by atoms with Gasteiger partial charge >= 0.3 is 0 Å². The van der Waals surface area contributed by atoms with Crippen molar-refractivity contribution in [2.45, 2.75) is 0 Å². The third kappa shape index (κ3) is 5.17. The summed E-state index contributed by atoms with van der Waals surface area (Å²) in [5.41, 5.74) is 0.152. The first kappa shape index (κ1) is 14.5. The van der Waals surface area contributed by atoms with Gasteiger partial charge in [0.1, 0.15) is 24.8 Å². The Morgan fingerprint density at radius 1 is 1.44 bits per heavy atom.